The predicted octanol–water partition coefficient (Wildman–Crippen LogP) is 3.66. The van der Waals surface area contributed by atoms with Crippen molar-refractivity contribution in [2.75, 3.05) is 24.6 Å². The van der Waals surface area contributed by atoms with Gasteiger partial charge in [-0.15, -0.1) is 0 Å². The van der Waals surface area contributed by atoms with E-state index >= 15 is 0 Å². The SMILES string of the molecule is Cc1n[nH]c(C)c1-c1ccnc(O[C@@H]2CCN(c3cnn(C4CCCCO4)c(=O)c3Cl)C2)c1. The molecule has 1 N–H and O–H groups in total. The van der Waals surface area contributed by atoms with Gasteiger partial charge in [0.2, 0.25) is 5.88 Å². The van der Waals surface area contributed by atoms with Gasteiger partial charge in [-0.25, -0.2) is 4.98 Å². The van der Waals surface area contributed by atoms with E-state index in [1.807, 2.05) is 30.9 Å². The lowest BCUT2D eigenvalue weighted by atomic mass is 10.1. The summed E-state index contributed by atoms with van der Waals surface area (Å²) in [4.78, 5) is 19.3. The van der Waals surface area contributed by atoms with Crippen molar-refractivity contribution in [3.05, 3.63) is 51.3 Å². The van der Waals surface area contributed by atoms with Crippen LogP contribution in [0.4, 0.5) is 5.69 Å². The zero-order valence-electron chi connectivity index (χ0n) is 18.8. The number of rotatable bonds is 5. The van der Waals surface area contributed by atoms with Crippen molar-refractivity contribution in [3.63, 3.8) is 0 Å². The second kappa shape index (κ2) is 9.15. The summed E-state index contributed by atoms with van der Waals surface area (Å²) in [5, 5.41) is 11.8. The maximum Gasteiger partial charge on any atom is 0.290 e. The summed E-state index contributed by atoms with van der Waals surface area (Å²) in [5.74, 6) is 0.563. The van der Waals surface area contributed by atoms with Crippen molar-refractivity contribution in [3.8, 4) is 17.0 Å². The van der Waals surface area contributed by atoms with Crippen LogP contribution in [0.5, 0.6) is 5.88 Å². The van der Waals surface area contributed by atoms with Crippen molar-refractivity contribution < 1.29 is 9.47 Å². The Labute approximate surface area is 196 Å². The van der Waals surface area contributed by atoms with Crippen LogP contribution in [0.25, 0.3) is 11.1 Å². The quantitative estimate of drug-likeness (QED) is 0.607. The smallest absolute Gasteiger partial charge is 0.290 e. The molecule has 2 fully saturated rings. The maximum atomic E-state index is 12.8. The van der Waals surface area contributed by atoms with Crippen molar-refractivity contribution >= 4 is 17.3 Å². The second-order valence-corrected chi connectivity index (χ2v) is 8.96. The fourth-order valence-corrected chi connectivity index (χ4v) is 4.85. The zero-order chi connectivity index (χ0) is 22.9. The van der Waals surface area contributed by atoms with Gasteiger partial charge in [0.15, 0.2) is 6.23 Å². The number of ether oxygens (including phenoxy) is 2. The number of H-pyrrole nitrogens is 1. The molecule has 0 saturated carbocycles. The van der Waals surface area contributed by atoms with Gasteiger partial charge in [-0.05, 0) is 44.7 Å². The molecule has 1 unspecified atom stereocenters. The Morgan fingerprint density at radius 3 is 2.91 bits per heavy atom. The molecule has 2 saturated heterocycles. The molecule has 5 heterocycles. The fourth-order valence-electron chi connectivity index (χ4n) is 4.60. The summed E-state index contributed by atoms with van der Waals surface area (Å²) >= 11 is 6.48. The first kappa shape index (κ1) is 21.9. The Kier molecular flexibility index (Phi) is 6.07. The van der Waals surface area contributed by atoms with Gasteiger partial charge in [-0.3, -0.25) is 9.89 Å². The number of aromatic nitrogens is 5. The minimum absolute atomic E-state index is 0.0699. The van der Waals surface area contributed by atoms with Crippen LogP contribution in [0.15, 0.2) is 29.3 Å². The topological polar surface area (TPSA) is 98.2 Å². The molecule has 3 aromatic rings. The molecule has 0 spiro atoms. The van der Waals surface area contributed by atoms with E-state index < -0.39 is 0 Å². The third kappa shape index (κ3) is 4.35. The summed E-state index contributed by atoms with van der Waals surface area (Å²) in [5.41, 5.74) is 4.34. The third-order valence-corrected chi connectivity index (χ3v) is 6.63. The van der Waals surface area contributed by atoms with E-state index in [1.165, 1.54) is 4.68 Å². The number of pyridine rings is 1. The molecule has 2 aliphatic rings. The molecule has 10 heteroatoms. The van der Waals surface area contributed by atoms with Crippen molar-refractivity contribution in [1.29, 1.82) is 0 Å². The zero-order valence-corrected chi connectivity index (χ0v) is 19.5. The highest BCUT2D eigenvalue weighted by molar-refractivity contribution is 6.33. The van der Waals surface area contributed by atoms with Crippen LogP contribution in [0.3, 0.4) is 0 Å². The number of aromatic amines is 1. The molecule has 0 amide bonds. The predicted molar refractivity (Wildman–Crippen MR) is 125 cm³/mol. The number of nitrogens with one attached hydrogen (secondary N) is 1. The first-order valence-corrected chi connectivity index (χ1v) is 11.7. The van der Waals surface area contributed by atoms with Crippen LogP contribution in [-0.2, 0) is 4.74 Å². The van der Waals surface area contributed by atoms with Gasteiger partial charge in [-0.1, -0.05) is 11.6 Å². The molecule has 0 aliphatic carbocycles. The number of hydrogen-bond donors (Lipinski definition) is 1. The Hall–Kier alpha value is -2.91. The molecule has 174 valence electrons. The van der Waals surface area contributed by atoms with Crippen LogP contribution < -0.4 is 15.2 Å². The maximum absolute atomic E-state index is 12.8. The van der Waals surface area contributed by atoms with Crippen LogP contribution in [0.2, 0.25) is 5.02 Å². The van der Waals surface area contributed by atoms with Crippen LogP contribution >= 0.6 is 11.6 Å². The van der Waals surface area contributed by atoms with E-state index in [4.69, 9.17) is 21.1 Å². The van der Waals surface area contributed by atoms with E-state index in [1.54, 1.807) is 12.4 Å². The highest BCUT2D eigenvalue weighted by atomic mass is 35.5. The molecular weight excluding hydrogens is 444 g/mol. The minimum Gasteiger partial charge on any atom is -0.472 e. The largest absolute Gasteiger partial charge is 0.472 e. The third-order valence-electron chi connectivity index (χ3n) is 6.28. The molecule has 2 aliphatic heterocycles. The second-order valence-electron chi connectivity index (χ2n) is 8.58. The van der Waals surface area contributed by atoms with Gasteiger partial charge >= 0.3 is 0 Å². The Morgan fingerprint density at radius 2 is 2.15 bits per heavy atom. The van der Waals surface area contributed by atoms with Gasteiger partial charge in [0, 0.05) is 43.1 Å². The molecule has 33 heavy (non-hydrogen) atoms. The summed E-state index contributed by atoms with van der Waals surface area (Å²) in [6.07, 6.45) is 6.58. The molecule has 3 aromatic heterocycles. The van der Waals surface area contributed by atoms with Crippen LogP contribution in [0.1, 0.15) is 43.3 Å². The lowest BCUT2D eigenvalue weighted by Gasteiger charge is -2.25. The number of aryl methyl sites for hydroxylation is 2. The van der Waals surface area contributed by atoms with Gasteiger partial charge in [0.05, 0.1) is 24.1 Å². The number of hydrogen-bond acceptors (Lipinski definition) is 7. The molecule has 0 radical (unpaired) electrons. The normalized spacial score (nSPS) is 20.9. The summed E-state index contributed by atoms with van der Waals surface area (Å²) in [6, 6.07) is 3.89. The molecule has 0 aromatic carbocycles. The van der Waals surface area contributed by atoms with Crippen LogP contribution in [0, 0.1) is 13.8 Å². The molecule has 0 bridgehead atoms. The van der Waals surface area contributed by atoms with Gasteiger partial charge in [0.1, 0.15) is 11.1 Å². The minimum atomic E-state index is -0.340. The highest BCUT2D eigenvalue weighted by Gasteiger charge is 2.28. The molecular formula is C23H27ClN6O3. The fraction of sp³-hybridized carbons (Fsp3) is 0.478. The Balaban J connectivity index is 1.29. The highest BCUT2D eigenvalue weighted by Crippen LogP contribution is 2.30. The average molecular weight is 471 g/mol. The van der Waals surface area contributed by atoms with Crippen LogP contribution in [-0.4, -0.2) is 50.8 Å². The van der Waals surface area contributed by atoms with Gasteiger partial charge < -0.3 is 14.4 Å². The van der Waals surface area contributed by atoms with E-state index in [-0.39, 0.29) is 22.9 Å². The van der Waals surface area contributed by atoms with Gasteiger partial charge in [-0.2, -0.15) is 14.9 Å². The lowest BCUT2D eigenvalue weighted by molar-refractivity contribution is -0.0424. The van der Waals surface area contributed by atoms with Crippen molar-refractivity contribution in [1.82, 2.24) is 25.0 Å². The molecule has 9 nitrogen and oxygen atoms in total. The standard InChI is InChI=1S/C23H27ClN6O3/c1-14-21(15(2)28-27-14)16-6-8-25-19(11-16)33-17-7-9-29(13-17)18-12-26-30(23(31)22(18)24)20-5-3-4-10-32-20/h6,8,11-12,17,20H,3-5,7,9-10,13H2,1-2H3,(H,27,28)/t17-,20?/m1/s1. The van der Waals surface area contributed by atoms with E-state index in [0.29, 0.717) is 24.7 Å². The number of halogens is 1. The average Bonchev–Trinajstić information content (AvgIpc) is 3.42. The summed E-state index contributed by atoms with van der Waals surface area (Å²) in [6.45, 7) is 5.92. The van der Waals surface area contributed by atoms with Gasteiger partial charge in [0.25, 0.3) is 5.56 Å². The Bertz CT molecular complexity index is 1180. The first-order chi connectivity index (χ1) is 16.0. The number of nitrogens with zero attached hydrogens (tertiary/aromatic N) is 5. The first-order valence-electron chi connectivity index (χ1n) is 11.3. The summed E-state index contributed by atoms with van der Waals surface area (Å²) < 4.78 is 13.2. The monoisotopic (exact) mass is 470 g/mol. The van der Waals surface area contributed by atoms with Crippen molar-refractivity contribution in [2.45, 2.75) is 51.9 Å². The van der Waals surface area contributed by atoms with E-state index in [2.05, 4.69) is 20.3 Å². The molecule has 5 rings (SSSR count). The lowest BCUT2D eigenvalue weighted by Crippen LogP contribution is -2.33. The Morgan fingerprint density at radius 1 is 1.27 bits per heavy atom. The summed E-state index contributed by atoms with van der Waals surface area (Å²) in [7, 11) is 0. The number of anilines is 1. The van der Waals surface area contributed by atoms with Crippen molar-refractivity contribution in [2.24, 2.45) is 0 Å². The van der Waals surface area contributed by atoms with E-state index in [0.717, 1.165) is 54.7 Å². The molecule has 2 atom stereocenters. The van der Waals surface area contributed by atoms with E-state index in [9.17, 15) is 4.79 Å².